The number of carbonyl (C=O) groups excluding carboxylic acids is 2. The standard InChI is InChI=1S/C25H31FN4O4S/c1-24(2,3)34-23(32)30-9-8-13-10-17(35-19(13)20(30)25(4,5)33-7)22-28-18-15(21(27)31)11-14(26)12-16(18)29(22)6/h10-12,20H,8-9H2,1-7H3,(H2,27,31). The van der Waals surface area contributed by atoms with Gasteiger partial charge in [0.15, 0.2) is 5.82 Å². The first kappa shape index (κ1) is 25.1. The molecule has 3 aromatic rings. The molecule has 0 saturated heterocycles. The number of thiophene rings is 1. The Kier molecular flexibility index (Phi) is 6.17. The van der Waals surface area contributed by atoms with Crippen molar-refractivity contribution in [3.8, 4) is 10.7 Å². The van der Waals surface area contributed by atoms with E-state index in [4.69, 9.17) is 15.2 Å². The Labute approximate surface area is 207 Å². The van der Waals surface area contributed by atoms with Gasteiger partial charge in [-0.05, 0) is 64.8 Å². The molecule has 8 nitrogen and oxygen atoms in total. The van der Waals surface area contributed by atoms with Crippen LogP contribution in [-0.4, -0.2) is 51.3 Å². The fraction of sp³-hybridized carbons (Fsp3) is 0.480. The molecule has 2 aromatic heterocycles. The Balaban J connectivity index is 1.84. The number of imidazole rings is 1. The first-order valence-corrected chi connectivity index (χ1v) is 12.2. The number of nitrogens with zero attached hydrogens (tertiary/aromatic N) is 3. The van der Waals surface area contributed by atoms with E-state index in [0.717, 1.165) is 21.4 Å². The number of benzene rings is 1. The average Bonchev–Trinajstić information content (AvgIpc) is 3.32. The van der Waals surface area contributed by atoms with Gasteiger partial charge >= 0.3 is 6.09 Å². The van der Waals surface area contributed by atoms with Crippen molar-refractivity contribution in [2.75, 3.05) is 13.7 Å². The van der Waals surface area contributed by atoms with Crippen LogP contribution in [0.15, 0.2) is 18.2 Å². The van der Waals surface area contributed by atoms with E-state index in [1.807, 2.05) is 40.7 Å². The van der Waals surface area contributed by atoms with Crippen molar-refractivity contribution in [3.63, 3.8) is 0 Å². The van der Waals surface area contributed by atoms with Gasteiger partial charge < -0.3 is 19.8 Å². The van der Waals surface area contributed by atoms with Gasteiger partial charge in [-0.3, -0.25) is 9.69 Å². The van der Waals surface area contributed by atoms with E-state index in [0.29, 0.717) is 29.8 Å². The maximum absolute atomic E-state index is 14.2. The van der Waals surface area contributed by atoms with Gasteiger partial charge in [-0.25, -0.2) is 14.2 Å². The summed E-state index contributed by atoms with van der Waals surface area (Å²) in [6.07, 6.45) is 0.254. The summed E-state index contributed by atoms with van der Waals surface area (Å²) in [4.78, 5) is 33.3. The van der Waals surface area contributed by atoms with E-state index in [9.17, 15) is 14.0 Å². The third-order valence-electron chi connectivity index (χ3n) is 6.27. The molecule has 0 fully saturated rings. The zero-order chi connectivity index (χ0) is 25.9. The monoisotopic (exact) mass is 502 g/mol. The highest BCUT2D eigenvalue weighted by molar-refractivity contribution is 7.15. The van der Waals surface area contributed by atoms with Crippen LogP contribution in [-0.2, 0) is 22.9 Å². The molecule has 1 aliphatic rings. The lowest BCUT2D eigenvalue weighted by Crippen LogP contribution is -2.50. The van der Waals surface area contributed by atoms with E-state index in [2.05, 4.69) is 4.98 Å². The van der Waals surface area contributed by atoms with Gasteiger partial charge in [0, 0.05) is 25.6 Å². The van der Waals surface area contributed by atoms with Crippen LogP contribution >= 0.6 is 11.3 Å². The average molecular weight is 503 g/mol. The summed E-state index contributed by atoms with van der Waals surface area (Å²) in [5.74, 6) is -0.703. The van der Waals surface area contributed by atoms with Crippen LogP contribution in [0.25, 0.3) is 21.7 Å². The van der Waals surface area contributed by atoms with Crippen LogP contribution in [0.5, 0.6) is 0 Å². The number of fused-ring (bicyclic) bond motifs is 2. The quantitative estimate of drug-likeness (QED) is 0.553. The summed E-state index contributed by atoms with van der Waals surface area (Å²) >= 11 is 1.50. The molecule has 0 spiro atoms. The molecule has 35 heavy (non-hydrogen) atoms. The summed E-state index contributed by atoms with van der Waals surface area (Å²) in [6, 6.07) is 4.12. The molecule has 2 N–H and O–H groups in total. The fourth-order valence-electron chi connectivity index (χ4n) is 4.47. The predicted molar refractivity (Wildman–Crippen MR) is 133 cm³/mol. The molecule has 3 heterocycles. The molecule has 0 aliphatic carbocycles. The molecule has 0 saturated carbocycles. The number of aromatic nitrogens is 2. The predicted octanol–water partition coefficient (Wildman–Crippen LogP) is 4.80. The maximum Gasteiger partial charge on any atom is 0.410 e. The third kappa shape index (κ3) is 4.52. The number of halogens is 1. The lowest BCUT2D eigenvalue weighted by molar-refractivity contribution is -0.0638. The Morgan fingerprint density at radius 1 is 1.20 bits per heavy atom. The number of hydrogen-bond acceptors (Lipinski definition) is 6. The van der Waals surface area contributed by atoms with Crippen LogP contribution in [0, 0.1) is 5.82 Å². The SMILES string of the molecule is COC(C)(C)C1c2sc(-c3nc4c(C(N)=O)cc(F)cc4n3C)cc2CCN1C(=O)OC(C)(C)C. The van der Waals surface area contributed by atoms with Gasteiger partial charge in [0.2, 0.25) is 0 Å². The van der Waals surface area contributed by atoms with Gasteiger partial charge in [-0.2, -0.15) is 0 Å². The van der Waals surface area contributed by atoms with Crippen molar-refractivity contribution in [3.05, 3.63) is 40.0 Å². The van der Waals surface area contributed by atoms with Gasteiger partial charge in [0.05, 0.1) is 27.6 Å². The van der Waals surface area contributed by atoms with E-state index in [-0.39, 0.29) is 11.6 Å². The zero-order valence-electron chi connectivity index (χ0n) is 21.1. The molecule has 1 aromatic carbocycles. The number of amides is 2. The van der Waals surface area contributed by atoms with Crippen molar-refractivity contribution in [2.24, 2.45) is 12.8 Å². The minimum absolute atomic E-state index is 0.0395. The smallest absolute Gasteiger partial charge is 0.410 e. The van der Waals surface area contributed by atoms with Crippen molar-refractivity contribution < 1.29 is 23.5 Å². The molecule has 4 rings (SSSR count). The molecule has 1 aliphatic heterocycles. The molecule has 188 valence electrons. The number of aryl methyl sites for hydroxylation is 1. The fourth-order valence-corrected chi connectivity index (χ4v) is 6.00. The van der Waals surface area contributed by atoms with Gasteiger partial charge in [0.1, 0.15) is 16.9 Å². The van der Waals surface area contributed by atoms with Crippen LogP contribution in [0.3, 0.4) is 0 Å². The molecule has 2 amide bonds. The largest absolute Gasteiger partial charge is 0.444 e. The summed E-state index contributed by atoms with van der Waals surface area (Å²) < 4.78 is 27.5. The summed E-state index contributed by atoms with van der Waals surface area (Å²) in [6.45, 7) is 9.90. The molecule has 0 bridgehead atoms. The molecular weight excluding hydrogens is 471 g/mol. The first-order chi connectivity index (χ1) is 16.2. The Bertz CT molecular complexity index is 1320. The normalized spacial score (nSPS) is 16.5. The first-order valence-electron chi connectivity index (χ1n) is 11.4. The number of rotatable bonds is 4. The van der Waals surface area contributed by atoms with Gasteiger partial charge in [0.25, 0.3) is 5.91 Å². The van der Waals surface area contributed by atoms with Crippen molar-refractivity contribution in [2.45, 2.75) is 58.3 Å². The minimum atomic E-state index is -0.737. The Morgan fingerprint density at radius 2 is 1.89 bits per heavy atom. The van der Waals surface area contributed by atoms with E-state index in [1.54, 1.807) is 23.6 Å². The number of hydrogen-bond donors (Lipinski definition) is 1. The van der Waals surface area contributed by atoms with E-state index in [1.165, 1.54) is 17.4 Å². The Morgan fingerprint density at radius 3 is 2.49 bits per heavy atom. The van der Waals surface area contributed by atoms with E-state index >= 15 is 0 Å². The molecule has 1 unspecified atom stereocenters. The molecule has 0 radical (unpaired) electrons. The van der Waals surface area contributed by atoms with Gasteiger partial charge in [-0.15, -0.1) is 11.3 Å². The second-order valence-electron chi connectivity index (χ2n) is 10.3. The van der Waals surface area contributed by atoms with Crippen LogP contribution in [0.4, 0.5) is 9.18 Å². The highest BCUT2D eigenvalue weighted by Crippen LogP contribution is 2.46. The number of primary amides is 1. The second kappa shape index (κ2) is 8.60. The summed E-state index contributed by atoms with van der Waals surface area (Å²) in [5, 5.41) is 0. The highest BCUT2D eigenvalue weighted by atomic mass is 32.1. The topological polar surface area (TPSA) is 99.7 Å². The number of carbonyl (C=O) groups is 2. The molecule has 10 heteroatoms. The second-order valence-corrected chi connectivity index (χ2v) is 11.4. The molecule has 1 atom stereocenters. The number of methoxy groups -OCH3 is 1. The van der Waals surface area contributed by atoms with Crippen molar-refractivity contribution >= 4 is 34.4 Å². The zero-order valence-corrected chi connectivity index (χ0v) is 21.9. The van der Waals surface area contributed by atoms with Crippen LogP contribution in [0.2, 0.25) is 0 Å². The van der Waals surface area contributed by atoms with Gasteiger partial charge in [-0.1, -0.05) is 0 Å². The maximum atomic E-state index is 14.2. The number of nitrogens with two attached hydrogens (primary N) is 1. The minimum Gasteiger partial charge on any atom is -0.444 e. The van der Waals surface area contributed by atoms with Crippen molar-refractivity contribution in [1.29, 1.82) is 0 Å². The van der Waals surface area contributed by atoms with Crippen LogP contribution < -0.4 is 5.73 Å². The lowest BCUT2D eigenvalue weighted by atomic mass is 9.89. The lowest BCUT2D eigenvalue weighted by Gasteiger charge is -2.43. The third-order valence-corrected chi connectivity index (χ3v) is 7.50. The highest BCUT2D eigenvalue weighted by Gasteiger charge is 2.44. The van der Waals surface area contributed by atoms with Crippen LogP contribution in [0.1, 0.15) is 61.5 Å². The molecular formula is C25H31FN4O4S. The van der Waals surface area contributed by atoms with Crippen molar-refractivity contribution in [1.82, 2.24) is 14.5 Å². The summed E-state index contributed by atoms with van der Waals surface area (Å²) in [5.41, 5.74) is 6.12. The van der Waals surface area contributed by atoms with E-state index < -0.39 is 29.0 Å². The number of ether oxygens (including phenoxy) is 2. The Hall–Kier alpha value is -2.98. The summed E-state index contributed by atoms with van der Waals surface area (Å²) in [7, 11) is 3.40.